The maximum atomic E-state index is 9.05. The predicted molar refractivity (Wildman–Crippen MR) is 42.3 cm³/mol. The Morgan fingerprint density at radius 2 is 2.50 bits per heavy atom. The van der Waals surface area contributed by atoms with Gasteiger partial charge in [0.2, 0.25) is 0 Å². The van der Waals surface area contributed by atoms with Crippen LogP contribution in [0.4, 0.5) is 5.00 Å². The molecular formula is C6H10N2OS. The van der Waals surface area contributed by atoms with Crippen LogP contribution in [0.15, 0.2) is 6.20 Å². The van der Waals surface area contributed by atoms with Gasteiger partial charge < -0.3 is 10.4 Å². The van der Waals surface area contributed by atoms with Gasteiger partial charge in [0, 0.05) is 7.05 Å². The molecule has 1 unspecified atom stereocenters. The van der Waals surface area contributed by atoms with E-state index in [-0.39, 0.29) is 0 Å². The van der Waals surface area contributed by atoms with Crippen molar-refractivity contribution in [3.05, 3.63) is 11.2 Å². The number of hydrogen-bond donors (Lipinski definition) is 2. The molecule has 0 spiro atoms. The summed E-state index contributed by atoms with van der Waals surface area (Å²) >= 11 is 1.47. The molecule has 0 aliphatic carbocycles. The molecular weight excluding hydrogens is 148 g/mol. The third-order valence-electron chi connectivity index (χ3n) is 1.13. The zero-order chi connectivity index (χ0) is 7.56. The summed E-state index contributed by atoms with van der Waals surface area (Å²) in [5.74, 6) is 0. The molecule has 1 rings (SSSR count). The Bertz CT molecular complexity index is 209. The molecule has 2 N–H and O–H groups in total. The third-order valence-corrected chi connectivity index (χ3v) is 2.31. The maximum Gasteiger partial charge on any atom is 0.123 e. The van der Waals surface area contributed by atoms with E-state index in [1.54, 1.807) is 13.1 Å². The summed E-state index contributed by atoms with van der Waals surface area (Å²) in [5, 5.41) is 13.7. The first-order valence-corrected chi connectivity index (χ1v) is 3.87. The number of rotatable bonds is 2. The van der Waals surface area contributed by atoms with Crippen molar-refractivity contribution in [3.8, 4) is 0 Å². The predicted octanol–water partition coefficient (Wildman–Crippen LogP) is 1.24. The SMILES string of the molecule is CNc1cnc(C(C)O)s1. The number of nitrogens with one attached hydrogen (secondary N) is 1. The van der Waals surface area contributed by atoms with Crippen LogP contribution in [0.2, 0.25) is 0 Å². The van der Waals surface area contributed by atoms with Crippen LogP contribution in [-0.2, 0) is 0 Å². The molecule has 3 nitrogen and oxygen atoms in total. The van der Waals surface area contributed by atoms with Crippen molar-refractivity contribution in [2.75, 3.05) is 12.4 Å². The Morgan fingerprint density at radius 3 is 2.80 bits per heavy atom. The Morgan fingerprint density at radius 1 is 1.80 bits per heavy atom. The van der Waals surface area contributed by atoms with E-state index in [1.165, 1.54) is 11.3 Å². The first-order valence-electron chi connectivity index (χ1n) is 3.05. The van der Waals surface area contributed by atoms with Crippen molar-refractivity contribution in [1.82, 2.24) is 4.98 Å². The monoisotopic (exact) mass is 158 g/mol. The van der Waals surface area contributed by atoms with E-state index >= 15 is 0 Å². The first-order chi connectivity index (χ1) is 4.74. The van der Waals surface area contributed by atoms with Crippen LogP contribution in [-0.4, -0.2) is 17.1 Å². The van der Waals surface area contributed by atoms with Crippen molar-refractivity contribution in [2.45, 2.75) is 13.0 Å². The zero-order valence-corrected chi connectivity index (χ0v) is 6.77. The molecule has 10 heavy (non-hydrogen) atoms. The minimum atomic E-state index is -0.452. The van der Waals surface area contributed by atoms with Gasteiger partial charge in [-0.05, 0) is 6.92 Å². The molecule has 1 atom stereocenters. The number of hydrogen-bond acceptors (Lipinski definition) is 4. The van der Waals surface area contributed by atoms with E-state index in [0.29, 0.717) is 0 Å². The minimum absolute atomic E-state index is 0.452. The van der Waals surface area contributed by atoms with Gasteiger partial charge in [0.15, 0.2) is 0 Å². The second kappa shape index (κ2) is 2.98. The average Bonchev–Trinajstić information content (AvgIpc) is 2.34. The maximum absolute atomic E-state index is 9.05. The van der Waals surface area contributed by atoms with Gasteiger partial charge >= 0.3 is 0 Å². The van der Waals surface area contributed by atoms with Crippen LogP contribution in [0.3, 0.4) is 0 Å². The lowest BCUT2D eigenvalue weighted by Crippen LogP contribution is -1.86. The molecule has 1 aromatic heterocycles. The van der Waals surface area contributed by atoms with E-state index in [2.05, 4.69) is 10.3 Å². The molecule has 0 aromatic carbocycles. The Hall–Kier alpha value is -0.610. The molecule has 0 bridgehead atoms. The smallest absolute Gasteiger partial charge is 0.123 e. The summed E-state index contributed by atoms with van der Waals surface area (Å²) < 4.78 is 0. The fraction of sp³-hybridized carbons (Fsp3) is 0.500. The lowest BCUT2D eigenvalue weighted by molar-refractivity contribution is 0.199. The number of thiazole rings is 1. The van der Waals surface area contributed by atoms with Gasteiger partial charge in [0.25, 0.3) is 0 Å². The number of aromatic nitrogens is 1. The molecule has 0 aliphatic heterocycles. The van der Waals surface area contributed by atoms with Gasteiger partial charge in [-0.15, -0.1) is 0 Å². The highest BCUT2D eigenvalue weighted by Gasteiger charge is 2.04. The number of aliphatic hydroxyl groups excluding tert-OH is 1. The topological polar surface area (TPSA) is 45.2 Å². The van der Waals surface area contributed by atoms with Crippen LogP contribution in [0.1, 0.15) is 18.0 Å². The average molecular weight is 158 g/mol. The van der Waals surface area contributed by atoms with Crippen molar-refractivity contribution in [3.63, 3.8) is 0 Å². The molecule has 1 aromatic rings. The summed E-state index contributed by atoms with van der Waals surface area (Å²) in [6.45, 7) is 1.71. The molecule has 1 heterocycles. The molecule has 0 radical (unpaired) electrons. The molecule has 4 heteroatoms. The van der Waals surface area contributed by atoms with Gasteiger partial charge in [-0.25, -0.2) is 4.98 Å². The van der Waals surface area contributed by atoms with E-state index in [0.717, 1.165) is 10.0 Å². The highest BCUT2D eigenvalue weighted by atomic mass is 32.1. The van der Waals surface area contributed by atoms with E-state index in [9.17, 15) is 0 Å². The Labute approximate surface area is 63.7 Å². The molecule has 0 fully saturated rings. The van der Waals surface area contributed by atoms with Crippen molar-refractivity contribution in [2.24, 2.45) is 0 Å². The molecule has 56 valence electrons. The van der Waals surface area contributed by atoms with Gasteiger partial charge in [-0.3, -0.25) is 0 Å². The van der Waals surface area contributed by atoms with Crippen LogP contribution in [0.25, 0.3) is 0 Å². The lowest BCUT2D eigenvalue weighted by Gasteiger charge is -1.94. The largest absolute Gasteiger partial charge is 0.386 e. The fourth-order valence-corrected chi connectivity index (χ4v) is 1.31. The van der Waals surface area contributed by atoms with Gasteiger partial charge in [-0.1, -0.05) is 11.3 Å². The fourth-order valence-electron chi connectivity index (χ4n) is 0.596. The Kier molecular flexibility index (Phi) is 2.24. The number of aliphatic hydroxyl groups is 1. The van der Waals surface area contributed by atoms with Crippen LogP contribution < -0.4 is 5.32 Å². The summed E-state index contributed by atoms with van der Waals surface area (Å²) in [6, 6.07) is 0. The second-order valence-electron chi connectivity index (χ2n) is 1.99. The van der Waals surface area contributed by atoms with E-state index < -0.39 is 6.10 Å². The zero-order valence-electron chi connectivity index (χ0n) is 5.96. The molecule has 0 aliphatic rings. The minimum Gasteiger partial charge on any atom is -0.386 e. The highest BCUT2D eigenvalue weighted by molar-refractivity contribution is 7.15. The van der Waals surface area contributed by atoms with Gasteiger partial charge in [0.1, 0.15) is 16.1 Å². The third kappa shape index (κ3) is 1.46. The van der Waals surface area contributed by atoms with Crippen LogP contribution in [0.5, 0.6) is 0 Å². The molecule has 0 saturated heterocycles. The van der Waals surface area contributed by atoms with Crippen molar-refractivity contribution >= 4 is 16.3 Å². The lowest BCUT2D eigenvalue weighted by atomic mass is 10.4. The summed E-state index contributed by atoms with van der Waals surface area (Å²) in [4.78, 5) is 3.99. The summed E-state index contributed by atoms with van der Waals surface area (Å²) in [7, 11) is 1.83. The van der Waals surface area contributed by atoms with Crippen LogP contribution >= 0.6 is 11.3 Å². The van der Waals surface area contributed by atoms with Crippen molar-refractivity contribution < 1.29 is 5.11 Å². The van der Waals surface area contributed by atoms with Gasteiger partial charge in [0.05, 0.1) is 6.20 Å². The standard InChI is InChI=1S/C6H10N2OS/c1-4(9)6-8-3-5(7-2)10-6/h3-4,7,9H,1-2H3. The second-order valence-corrected chi connectivity index (χ2v) is 3.05. The quantitative estimate of drug-likeness (QED) is 0.680. The first kappa shape index (κ1) is 7.50. The van der Waals surface area contributed by atoms with E-state index in [4.69, 9.17) is 5.11 Å². The number of nitrogens with zero attached hydrogens (tertiary/aromatic N) is 1. The molecule has 0 saturated carbocycles. The molecule has 0 amide bonds. The van der Waals surface area contributed by atoms with Crippen LogP contribution in [0, 0.1) is 0 Å². The van der Waals surface area contributed by atoms with Gasteiger partial charge in [-0.2, -0.15) is 0 Å². The normalized spacial score (nSPS) is 13.1. The van der Waals surface area contributed by atoms with E-state index in [1.807, 2.05) is 7.05 Å². The summed E-state index contributed by atoms with van der Waals surface area (Å²) in [5.41, 5.74) is 0. The van der Waals surface area contributed by atoms with Crippen molar-refractivity contribution in [1.29, 1.82) is 0 Å². The number of anilines is 1. The summed E-state index contributed by atoms with van der Waals surface area (Å²) in [6.07, 6.45) is 1.26. The Balaban J connectivity index is 2.78. The highest BCUT2D eigenvalue weighted by Crippen LogP contribution is 2.22.